The number of H-pyrrole nitrogens is 1. The molecular formula is C12H14N4O4. The zero-order valence-corrected chi connectivity index (χ0v) is 11.3. The molecule has 1 amide bonds. The van der Waals surface area contributed by atoms with E-state index in [1.165, 1.54) is 21.3 Å². The van der Waals surface area contributed by atoms with Crippen molar-refractivity contribution in [3.05, 3.63) is 34.5 Å². The molecule has 8 heteroatoms. The number of hydrogen-bond acceptors (Lipinski definition) is 5. The van der Waals surface area contributed by atoms with E-state index in [4.69, 9.17) is 9.47 Å². The Labute approximate surface area is 114 Å². The molecule has 2 rings (SSSR count). The molecule has 0 aliphatic heterocycles. The fourth-order valence-electron chi connectivity index (χ4n) is 1.59. The van der Waals surface area contributed by atoms with E-state index in [1.54, 1.807) is 18.2 Å². The number of nitrogens with zero attached hydrogens (tertiary/aromatic N) is 2. The first-order valence-corrected chi connectivity index (χ1v) is 5.72. The first-order valence-electron chi connectivity index (χ1n) is 5.72. The van der Waals surface area contributed by atoms with Crippen molar-refractivity contribution in [1.82, 2.24) is 14.8 Å². The number of benzene rings is 1. The predicted octanol–water partition coefficient (Wildman–Crippen LogP) is 0.378. The standard InChI is InChI=1S/C12H14N4O4/c1-16-12(18)14-10(15-16)11(17)13-8-5-4-7(19-2)6-9(8)20-3/h4-6H,1-3H3,(H,13,17)(H,14,15,18). The van der Waals surface area contributed by atoms with Crippen LogP contribution in [-0.4, -0.2) is 34.9 Å². The number of aromatic amines is 1. The van der Waals surface area contributed by atoms with Gasteiger partial charge >= 0.3 is 5.69 Å². The summed E-state index contributed by atoms with van der Waals surface area (Å²) in [4.78, 5) is 25.5. The third-order valence-electron chi connectivity index (χ3n) is 2.64. The minimum atomic E-state index is -0.536. The number of carbonyl (C=O) groups is 1. The molecule has 1 aromatic heterocycles. The van der Waals surface area contributed by atoms with E-state index in [-0.39, 0.29) is 5.82 Å². The number of hydrogen-bond donors (Lipinski definition) is 2. The second-order valence-corrected chi connectivity index (χ2v) is 3.92. The number of aromatic nitrogens is 3. The minimum absolute atomic E-state index is 0.0737. The van der Waals surface area contributed by atoms with Crippen LogP contribution in [0.4, 0.5) is 5.69 Å². The number of anilines is 1. The van der Waals surface area contributed by atoms with Gasteiger partial charge in [-0.1, -0.05) is 0 Å². The third kappa shape index (κ3) is 2.63. The van der Waals surface area contributed by atoms with Gasteiger partial charge in [-0.15, -0.1) is 5.10 Å². The second kappa shape index (κ2) is 5.47. The highest BCUT2D eigenvalue weighted by Gasteiger charge is 2.14. The van der Waals surface area contributed by atoms with Crippen LogP contribution in [0.2, 0.25) is 0 Å². The normalized spacial score (nSPS) is 10.2. The summed E-state index contributed by atoms with van der Waals surface area (Å²) < 4.78 is 11.3. The third-order valence-corrected chi connectivity index (χ3v) is 2.64. The highest BCUT2D eigenvalue weighted by Crippen LogP contribution is 2.29. The van der Waals surface area contributed by atoms with Crippen LogP contribution in [0, 0.1) is 0 Å². The summed E-state index contributed by atoms with van der Waals surface area (Å²) >= 11 is 0. The molecule has 1 aromatic carbocycles. The predicted molar refractivity (Wildman–Crippen MR) is 71.3 cm³/mol. The SMILES string of the molecule is COc1ccc(NC(=O)c2nn(C)c(=O)[nH]2)c(OC)c1. The number of nitrogens with one attached hydrogen (secondary N) is 2. The summed E-state index contributed by atoms with van der Waals surface area (Å²) in [6.45, 7) is 0. The van der Waals surface area contributed by atoms with Gasteiger partial charge in [0.2, 0.25) is 5.82 Å². The topological polar surface area (TPSA) is 98.2 Å². The summed E-state index contributed by atoms with van der Waals surface area (Å²) in [6.07, 6.45) is 0. The van der Waals surface area contributed by atoms with Crippen LogP contribution in [0.1, 0.15) is 10.6 Å². The maximum Gasteiger partial charge on any atom is 0.343 e. The van der Waals surface area contributed by atoms with Gasteiger partial charge in [-0.25, -0.2) is 9.48 Å². The Morgan fingerprint density at radius 3 is 2.65 bits per heavy atom. The number of amides is 1. The van der Waals surface area contributed by atoms with Gasteiger partial charge in [-0.3, -0.25) is 9.78 Å². The van der Waals surface area contributed by atoms with Gasteiger partial charge in [0.25, 0.3) is 5.91 Å². The van der Waals surface area contributed by atoms with Crippen LogP contribution in [0.3, 0.4) is 0 Å². The molecule has 8 nitrogen and oxygen atoms in total. The van der Waals surface area contributed by atoms with Crippen LogP contribution in [0.5, 0.6) is 11.5 Å². The molecule has 0 atom stereocenters. The van der Waals surface area contributed by atoms with E-state index in [9.17, 15) is 9.59 Å². The van der Waals surface area contributed by atoms with Gasteiger partial charge in [-0.05, 0) is 12.1 Å². The van der Waals surface area contributed by atoms with Crippen molar-refractivity contribution >= 4 is 11.6 Å². The van der Waals surface area contributed by atoms with Crippen LogP contribution < -0.4 is 20.5 Å². The second-order valence-electron chi connectivity index (χ2n) is 3.92. The Morgan fingerprint density at radius 2 is 2.10 bits per heavy atom. The average molecular weight is 278 g/mol. The van der Waals surface area contributed by atoms with Crippen molar-refractivity contribution in [2.24, 2.45) is 7.05 Å². The van der Waals surface area contributed by atoms with E-state index in [0.717, 1.165) is 4.68 Å². The quantitative estimate of drug-likeness (QED) is 0.842. The summed E-state index contributed by atoms with van der Waals surface area (Å²) in [5.74, 6) is 0.434. The Morgan fingerprint density at radius 1 is 1.35 bits per heavy atom. The molecule has 0 fully saturated rings. The van der Waals surface area contributed by atoms with Gasteiger partial charge < -0.3 is 14.8 Å². The molecule has 0 unspecified atom stereocenters. The van der Waals surface area contributed by atoms with Crippen LogP contribution in [0.15, 0.2) is 23.0 Å². The molecule has 0 bridgehead atoms. The molecule has 20 heavy (non-hydrogen) atoms. The molecule has 0 radical (unpaired) electrons. The molecule has 0 saturated carbocycles. The molecule has 0 aliphatic carbocycles. The zero-order chi connectivity index (χ0) is 14.7. The molecule has 0 spiro atoms. The molecule has 106 valence electrons. The molecule has 1 heterocycles. The van der Waals surface area contributed by atoms with E-state index in [1.807, 2.05) is 0 Å². The van der Waals surface area contributed by atoms with Gasteiger partial charge in [0.05, 0.1) is 19.9 Å². The van der Waals surface area contributed by atoms with Crippen LogP contribution in [0.25, 0.3) is 0 Å². The van der Waals surface area contributed by atoms with E-state index in [0.29, 0.717) is 17.2 Å². The Hall–Kier alpha value is -2.77. The maximum atomic E-state index is 12.0. The Balaban J connectivity index is 2.25. The lowest BCUT2D eigenvalue weighted by molar-refractivity contribution is 0.101. The van der Waals surface area contributed by atoms with Crippen LogP contribution >= 0.6 is 0 Å². The van der Waals surface area contributed by atoms with E-state index < -0.39 is 11.6 Å². The first kappa shape index (κ1) is 13.7. The number of rotatable bonds is 4. The van der Waals surface area contributed by atoms with Gasteiger partial charge in [-0.2, -0.15) is 0 Å². The minimum Gasteiger partial charge on any atom is -0.497 e. The van der Waals surface area contributed by atoms with Gasteiger partial charge in [0, 0.05) is 13.1 Å². The zero-order valence-electron chi connectivity index (χ0n) is 11.3. The lowest BCUT2D eigenvalue weighted by Crippen LogP contribution is -2.15. The van der Waals surface area contributed by atoms with E-state index in [2.05, 4.69) is 15.4 Å². The van der Waals surface area contributed by atoms with Crippen molar-refractivity contribution < 1.29 is 14.3 Å². The number of methoxy groups -OCH3 is 2. The number of aryl methyl sites for hydroxylation is 1. The molecule has 2 N–H and O–H groups in total. The maximum absolute atomic E-state index is 12.0. The smallest absolute Gasteiger partial charge is 0.343 e. The van der Waals surface area contributed by atoms with Gasteiger partial charge in [0.15, 0.2) is 0 Å². The summed E-state index contributed by atoms with van der Waals surface area (Å²) in [7, 11) is 4.46. The lowest BCUT2D eigenvalue weighted by atomic mass is 10.2. The number of carbonyl (C=O) groups excluding carboxylic acids is 1. The first-order chi connectivity index (χ1) is 9.55. The largest absolute Gasteiger partial charge is 0.497 e. The fraction of sp³-hybridized carbons (Fsp3) is 0.250. The fourth-order valence-corrected chi connectivity index (χ4v) is 1.59. The summed E-state index contributed by atoms with van der Waals surface area (Å²) in [5, 5.41) is 6.37. The van der Waals surface area contributed by atoms with Crippen molar-refractivity contribution in [2.75, 3.05) is 19.5 Å². The van der Waals surface area contributed by atoms with Crippen molar-refractivity contribution in [3.63, 3.8) is 0 Å². The van der Waals surface area contributed by atoms with Gasteiger partial charge in [0.1, 0.15) is 11.5 Å². The highest BCUT2D eigenvalue weighted by atomic mass is 16.5. The summed E-state index contributed by atoms with van der Waals surface area (Å²) in [5.41, 5.74) is -0.0124. The van der Waals surface area contributed by atoms with Crippen LogP contribution in [-0.2, 0) is 7.05 Å². The average Bonchev–Trinajstić information content (AvgIpc) is 2.79. The molecule has 0 aliphatic rings. The van der Waals surface area contributed by atoms with Crippen molar-refractivity contribution in [2.45, 2.75) is 0 Å². The molecule has 0 saturated heterocycles. The van der Waals surface area contributed by atoms with Crippen molar-refractivity contribution in [1.29, 1.82) is 0 Å². The lowest BCUT2D eigenvalue weighted by Gasteiger charge is -2.10. The monoisotopic (exact) mass is 278 g/mol. The molecule has 2 aromatic rings. The highest BCUT2D eigenvalue weighted by molar-refractivity contribution is 6.02. The Bertz CT molecular complexity index is 689. The van der Waals surface area contributed by atoms with Crippen molar-refractivity contribution in [3.8, 4) is 11.5 Å². The molecular weight excluding hydrogens is 264 g/mol. The number of ether oxygens (including phenoxy) is 2. The van der Waals surface area contributed by atoms with E-state index >= 15 is 0 Å². The summed E-state index contributed by atoms with van der Waals surface area (Å²) in [6, 6.07) is 4.95. The Kier molecular flexibility index (Phi) is 3.74.